The number of amides is 1. The van der Waals surface area contributed by atoms with Crippen molar-refractivity contribution in [1.29, 1.82) is 0 Å². The number of rotatable bonds is 6. The van der Waals surface area contributed by atoms with E-state index in [-0.39, 0.29) is 23.8 Å². The fourth-order valence-corrected chi connectivity index (χ4v) is 2.52. The fraction of sp³-hybridized carbons (Fsp3) is 0.846. The first-order valence-corrected chi connectivity index (χ1v) is 6.89. The van der Waals surface area contributed by atoms with E-state index in [1.54, 1.807) is 0 Å². The summed E-state index contributed by atoms with van der Waals surface area (Å²) in [5.74, 6) is 0.0768. The summed E-state index contributed by atoms with van der Waals surface area (Å²) >= 11 is 0. The molecule has 0 aliphatic carbocycles. The van der Waals surface area contributed by atoms with Crippen LogP contribution in [0.5, 0.6) is 0 Å². The van der Waals surface area contributed by atoms with Gasteiger partial charge in [-0.3, -0.25) is 14.5 Å². The molecule has 6 heteroatoms. The van der Waals surface area contributed by atoms with Crippen LogP contribution in [0.15, 0.2) is 0 Å². The van der Waals surface area contributed by atoms with E-state index < -0.39 is 0 Å². The molecule has 1 saturated heterocycles. The minimum atomic E-state index is -0.150. The second-order valence-corrected chi connectivity index (χ2v) is 5.11. The first kappa shape index (κ1) is 15.9. The van der Waals surface area contributed by atoms with Crippen molar-refractivity contribution in [2.75, 3.05) is 32.8 Å². The van der Waals surface area contributed by atoms with E-state index in [1.165, 1.54) is 6.92 Å². The van der Waals surface area contributed by atoms with Crippen molar-refractivity contribution in [2.45, 2.75) is 32.7 Å². The van der Waals surface area contributed by atoms with Crippen molar-refractivity contribution in [2.24, 2.45) is 11.7 Å². The molecule has 0 spiro atoms. The van der Waals surface area contributed by atoms with Crippen LogP contribution in [0.3, 0.4) is 0 Å². The predicted molar refractivity (Wildman–Crippen MR) is 72.5 cm³/mol. The number of esters is 1. The van der Waals surface area contributed by atoms with Gasteiger partial charge in [-0.2, -0.15) is 0 Å². The number of nitrogens with zero attached hydrogens (tertiary/aromatic N) is 1. The third-order valence-electron chi connectivity index (χ3n) is 3.21. The molecule has 1 amide bonds. The summed E-state index contributed by atoms with van der Waals surface area (Å²) in [6, 6.07) is 0.0884. The molecule has 0 aromatic carbocycles. The van der Waals surface area contributed by atoms with E-state index in [1.807, 2.05) is 6.92 Å². The van der Waals surface area contributed by atoms with Gasteiger partial charge >= 0.3 is 5.97 Å². The van der Waals surface area contributed by atoms with E-state index in [0.717, 1.165) is 26.1 Å². The van der Waals surface area contributed by atoms with Crippen LogP contribution in [0.25, 0.3) is 0 Å². The summed E-state index contributed by atoms with van der Waals surface area (Å²) in [7, 11) is 0. The quantitative estimate of drug-likeness (QED) is 0.649. The van der Waals surface area contributed by atoms with Crippen LogP contribution in [0.1, 0.15) is 26.7 Å². The van der Waals surface area contributed by atoms with Gasteiger partial charge in [0.05, 0.1) is 6.61 Å². The third kappa shape index (κ3) is 6.54. The molecule has 1 aliphatic heterocycles. The molecule has 2 atom stereocenters. The zero-order chi connectivity index (χ0) is 14.3. The number of piperidine rings is 1. The lowest BCUT2D eigenvalue weighted by molar-refractivity contribution is -0.144. The van der Waals surface area contributed by atoms with E-state index >= 15 is 0 Å². The molecule has 1 rings (SSSR count). The van der Waals surface area contributed by atoms with Gasteiger partial charge in [0.25, 0.3) is 0 Å². The molecule has 0 aromatic rings. The molecule has 3 N–H and O–H groups in total. The van der Waals surface area contributed by atoms with Gasteiger partial charge in [-0.15, -0.1) is 0 Å². The Hall–Kier alpha value is -1.14. The molecule has 0 aromatic heterocycles. The number of carbonyl (C=O) groups is 2. The summed E-state index contributed by atoms with van der Waals surface area (Å²) in [5.41, 5.74) is 6.02. The second kappa shape index (κ2) is 8.12. The molecule has 19 heavy (non-hydrogen) atoms. The lowest BCUT2D eigenvalue weighted by atomic mass is 9.92. The summed E-state index contributed by atoms with van der Waals surface area (Å²) < 4.78 is 4.97. The van der Waals surface area contributed by atoms with Crippen molar-refractivity contribution in [3.05, 3.63) is 0 Å². The summed E-state index contributed by atoms with van der Waals surface area (Å²) in [5, 5.41) is 2.77. The smallest absolute Gasteiger partial charge is 0.306 e. The van der Waals surface area contributed by atoms with Gasteiger partial charge < -0.3 is 15.8 Å². The lowest BCUT2D eigenvalue weighted by Crippen LogP contribution is -2.49. The average molecular weight is 271 g/mol. The maximum absolute atomic E-state index is 11.5. The fourth-order valence-electron chi connectivity index (χ4n) is 2.52. The Bertz CT molecular complexity index is 310. The van der Waals surface area contributed by atoms with Gasteiger partial charge in [0.1, 0.15) is 0 Å². The van der Waals surface area contributed by atoms with Crippen molar-refractivity contribution in [3.63, 3.8) is 0 Å². The van der Waals surface area contributed by atoms with Crippen LogP contribution < -0.4 is 11.1 Å². The Balaban J connectivity index is 2.35. The van der Waals surface area contributed by atoms with Crippen LogP contribution in [-0.4, -0.2) is 55.6 Å². The lowest BCUT2D eigenvalue weighted by Gasteiger charge is -2.35. The van der Waals surface area contributed by atoms with Crippen LogP contribution >= 0.6 is 0 Å². The highest BCUT2D eigenvalue weighted by molar-refractivity contribution is 5.72. The molecule has 1 fully saturated rings. The Morgan fingerprint density at radius 2 is 2.16 bits per heavy atom. The van der Waals surface area contributed by atoms with Gasteiger partial charge in [-0.1, -0.05) is 0 Å². The topological polar surface area (TPSA) is 84.7 Å². The van der Waals surface area contributed by atoms with Crippen molar-refractivity contribution in [1.82, 2.24) is 10.2 Å². The van der Waals surface area contributed by atoms with Gasteiger partial charge in [0.15, 0.2) is 0 Å². The first-order chi connectivity index (χ1) is 9.01. The summed E-state index contributed by atoms with van der Waals surface area (Å²) in [4.78, 5) is 24.5. The van der Waals surface area contributed by atoms with E-state index in [4.69, 9.17) is 10.5 Å². The predicted octanol–water partition coefficient (Wildman–Crippen LogP) is -0.275. The molecule has 1 heterocycles. The van der Waals surface area contributed by atoms with Crippen molar-refractivity contribution < 1.29 is 14.3 Å². The Labute approximate surface area is 114 Å². The number of nitrogens with two attached hydrogens (primary N) is 1. The highest BCUT2D eigenvalue weighted by Crippen LogP contribution is 2.19. The molecule has 0 radical (unpaired) electrons. The monoisotopic (exact) mass is 271 g/mol. The van der Waals surface area contributed by atoms with E-state index in [2.05, 4.69) is 10.2 Å². The van der Waals surface area contributed by atoms with Gasteiger partial charge in [-0.25, -0.2) is 0 Å². The van der Waals surface area contributed by atoms with Crippen LogP contribution in [0.2, 0.25) is 0 Å². The van der Waals surface area contributed by atoms with Crippen LogP contribution in [0, 0.1) is 5.92 Å². The molecule has 110 valence electrons. The maximum atomic E-state index is 11.5. The SMILES string of the molecule is CCOC(=O)CC1CC(N)CN(CCNC(C)=O)C1. The standard InChI is InChI=1S/C13H25N3O3/c1-3-19-13(18)7-11-6-12(14)9-16(8-11)5-4-15-10(2)17/h11-12H,3-9,14H2,1-2H3,(H,15,17). The van der Waals surface area contributed by atoms with E-state index in [9.17, 15) is 9.59 Å². The van der Waals surface area contributed by atoms with Gasteiger partial charge in [0, 0.05) is 45.6 Å². The number of carbonyl (C=O) groups excluding carboxylic acids is 2. The third-order valence-corrected chi connectivity index (χ3v) is 3.21. The highest BCUT2D eigenvalue weighted by Gasteiger charge is 2.26. The Morgan fingerprint density at radius 3 is 2.79 bits per heavy atom. The zero-order valence-electron chi connectivity index (χ0n) is 11.9. The molecule has 0 saturated carbocycles. The molecule has 2 unspecified atom stereocenters. The van der Waals surface area contributed by atoms with Gasteiger partial charge in [-0.05, 0) is 19.3 Å². The van der Waals surface area contributed by atoms with Crippen LogP contribution in [0.4, 0.5) is 0 Å². The van der Waals surface area contributed by atoms with Crippen molar-refractivity contribution >= 4 is 11.9 Å². The molecule has 0 bridgehead atoms. The number of likely N-dealkylation sites (tertiary alicyclic amines) is 1. The van der Waals surface area contributed by atoms with E-state index in [0.29, 0.717) is 19.6 Å². The summed E-state index contributed by atoms with van der Waals surface area (Å²) in [6.07, 6.45) is 1.29. The minimum absolute atomic E-state index is 0.0237. The average Bonchev–Trinajstić information content (AvgIpc) is 2.27. The highest BCUT2D eigenvalue weighted by atomic mass is 16.5. The largest absolute Gasteiger partial charge is 0.466 e. The Morgan fingerprint density at radius 1 is 1.42 bits per heavy atom. The number of nitrogens with one attached hydrogen (secondary N) is 1. The molecular weight excluding hydrogens is 246 g/mol. The molecule has 1 aliphatic rings. The van der Waals surface area contributed by atoms with Crippen molar-refractivity contribution in [3.8, 4) is 0 Å². The number of hydrogen-bond acceptors (Lipinski definition) is 5. The number of ether oxygens (including phenoxy) is 1. The molecule has 6 nitrogen and oxygen atoms in total. The van der Waals surface area contributed by atoms with Crippen LogP contribution in [-0.2, 0) is 14.3 Å². The molecular formula is C13H25N3O3. The normalized spacial score (nSPS) is 23.9. The first-order valence-electron chi connectivity index (χ1n) is 6.89. The maximum Gasteiger partial charge on any atom is 0.306 e. The van der Waals surface area contributed by atoms with Gasteiger partial charge in [0.2, 0.25) is 5.91 Å². The minimum Gasteiger partial charge on any atom is -0.466 e. The Kier molecular flexibility index (Phi) is 6.80. The second-order valence-electron chi connectivity index (χ2n) is 5.11. The number of hydrogen-bond donors (Lipinski definition) is 2. The zero-order valence-corrected chi connectivity index (χ0v) is 11.9. The summed E-state index contributed by atoms with van der Waals surface area (Å²) in [6.45, 7) is 6.78.